The molecule has 0 saturated carbocycles. The Hall–Kier alpha value is -1.28. The molecular weight excluding hydrogens is 174 g/mol. The van der Waals surface area contributed by atoms with Crippen LogP contribution in [0.25, 0.3) is 10.9 Å². The molecule has 2 rings (SSSR count). The molecule has 2 nitrogen and oxygen atoms in total. The minimum absolute atomic E-state index is 0.794. The van der Waals surface area contributed by atoms with E-state index < -0.39 is 0 Å². The first-order valence-electron chi connectivity index (χ1n) is 5.04. The molecule has 0 bridgehead atoms. The number of benzene rings is 1. The third-order valence-electron chi connectivity index (χ3n) is 2.39. The fraction of sp³-hybridized carbons (Fsp3) is 0.333. The summed E-state index contributed by atoms with van der Waals surface area (Å²) in [4.78, 5) is 3.26. The molecule has 0 spiro atoms. The topological polar surface area (TPSA) is 25.0 Å². The molecular formula is C12H15NO. The van der Waals surface area contributed by atoms with Crippen LogP contribution < -0.4 is 0 Å². The largest absolute Gasteiger partial charge is 0.381 e. The molecule has 14 heavy (non-hydrogen) atoms. The number of ether oxygens (including phenoxy) is 1. The molecule has 74 valence electrons. The number of aromatic amines is 1. The molecule has 1 aromatic heterocycles. The van der Waals surface area contributed by atoms with Crippen molar-refractivity contribution in [3.63, 3.8) is 0 Å². The van der Waals surface area contributed by atoms with E-state index in [9.17, 15) is 0 Å². The second-order valence-electron chi connectivity index (χ2n) is 3.31. The van der Waals surface area contributed by atoms with Crippen LogP contribution in [0.2, 0.25) is 0 Å². The Bertz CT molecular complexity index is 405. The molecule has 1 N–H and O–H groups in total. The van der Waals surface area contributed by atoms with E-state index >= 15 is 0 Å². The van der Waals surface area contributed by atoms with E-state index in [1.165, 1.54) is 16.5 Å². The van der Waals surface area contributed by atoms with Gasteiger partial charge in [0.1, 0.15) is 0 Å². The smallest absolute Gasteiger partial charge is 0.0507 e. The first-order chi connectivity index (χ1) is 6.92. The first kappa shape index (κ1) is 9.28. The normalized spacial score (nSPS) is 10.9. The highest BCUT2D eigenvalue weighted by atomic mass is 16.5. The van der Waals surface area contributed by atoms with E-state index in [2.05, 4.69) is 29.4 Å². The number of fused-ring (bicyclic) bond motifs is 1. The van der Waals surface area contributed by atoms with Crippen molar-refractivity contribution in [2.24, 2.45) is 0 Å². The van der Waals surface area contributed by atoms with Crippen molar-refractivity contribution in [3.05, 3.63) is 36.0 Å². The summed E-state index contributed by atoms with van der Waals surface area (Å²) in [5.41, 5.74) is 2.55. The molecule has 0 aliphatic rings. The molecule has 0 radical (unpaired) electrons. The Morgan fingerprint density at radius 2 is 2.14 bits per heavy atom. The van der Waals surface area contributed by atoms with E-state index in [4.69, 9.17) is 4.74 Å². The van der Waals surface area contributed by atoms with Crippen LogP contribution in [0.5, 0.6) is 0 Å². The summed E-state index contributed by atoms with van der Waals surface area (Å²) in [6, 6.07) is 8.36. The van der Waals surface area contributed by atoms with E-state index in [-0.39, 0.29) is 0 Å². The van der Waals surface area contributed by atoms with E-state index in [0.717, 1.165) is 19.6 Å². The number of aromatic nitrogens is 1. The van der Waals surface area contributed by atoms with Gasteiger partial charge < -0.3 is 9.72 Å². The van der Waals surface area contributed by atoms with Crippen LogP contribution in [-0.4, -0.2) is 18.2 Å². The standard InChI is InChI=1S/C12H15NO/c1-2-14-8-7-10-9-13-12-6-4-3-5-11(10)12/h3-6,9,13H,2,7-8H2,1H3. The maximum atomic E-state index is 5.34. The Morgan fingerprint density at radius 3 is 3.00 bits per heavy atom. The zero-order chi connectivity index (χ0) is 9.80. The molecule has 0 unspecified atom stereocenters. The van der Waals surface area contributed by atoms with Crippen molar-refractivity contribution in [2.45, 2.75) is 13.3 Å². The summed E-state index contributed by atoms with van der Waals surface area (Å²) in [6.45, 7) is 3.62. The van der Waals surface area contributed by atoms with Crippen molar-refractivity contribution < 1.29 is 4.74 Å². The Kier molecular flexibility index (Phi) is 2.84. The molecule has 0 aliphatic carbocycles. The Labute approximate surface area is 83.9 Å². The van der Waals surface area contributed by atoms with Crippen molar-refractivity contribution in [1.29, 1.82) is 0 Å². The molecule has 0 atom stereocenters. The lowest BCUT2D eigenvalue weighted by Crippen LogP contribution is -1.96. The zero-order valence-electron chi connectivity index (χ0n) is 8.42. The molecule has 0 amide bonds. The van der Waals surface area contributed by atoms with E-state index in [0.29, 0.717) is 0 Å². The number of rotatable bonds is 4. The van der Waals surface area contributed by atoms with Gasteiger partial charge in [0.15, 0.2) is 0 Å². The van der Waals surface area contributed by atoms with E-state index in [1.54, 1.807) is 0 Å². The highest BCUT2D eigenvalue weighted by Crippen LogP contribution is 2.17. The highest BCUT2D eigenvalue weighted by Gasteiger charge is 2.01. The minimum atomic E-state index is 0.794. The summed E-state index contributed by atoms with van der Waals surface area (Å²) in [7, 11) is 0. The third-order valence-corrected chi connectivity index (χ3v) is 2.39. The van der Waals surface area contributed by atoms with Crippen LogP contribution in [-0.2, 0) is 11.2 Å². The summed E-state index contributed by atoms with van der Waals surface area (Å²) < 4.78 is 5.34. The van der Waals surface area contributed by atoms with Gasteiger partial charge in [-0.2, -0.15) is 0 Å². The van der Waals surface area contributed by atoms with Crippen molar-refractivity contribution in [1.82, 2.24) is 4.98 Å². The second kappa shape index (κ2) is 4.29. The molecule has 1 heterocycles. The monoisotopic (exact) mass is 189 g/mol. The lowest BCUT2D eigenvalue weighted by atomic mass is 10.1. The predicted molar refractivity (Wildman–Crippen MR) is 58.5 cm³/mol. The molecule has 0 saturated heterocycles. The lowest BCUT2D eigenvalue weighted by Gasteiger charge is -1.99. The van der Waals surface area contributed by atoms with Gasteiger partial charge in [-0.1, -0.05) is 18.2 Å². The van der Waals surface area contributed by atoms with Gasteiger partial charge in [-0.3, -0.25) is 0 Å². The predicted octanol–water partition coefficient (Wildman–Crippen LogP) is 2.75. The average molecular weight is 189 g/mol. The molecule has 2 aromatic rings. The zero-order valence-corrected chi connectivity index (χ0v) is 8.42. The van der Waals surface area contributed by atoms with Crippen LogP contribution >= 0.6 is 0 Å². The number of nitrogens with one attached hydrogen (secondary N) is 1. The minimum Gasteiger partial charge on any atom is -0.381 e. The average Bonchev–Trinajstić information content (AvgIpc) is 2.63. The fourth-order valence-electron chi connectivity index (χ4n) is 1.66. The first-order valence-corrected chi connectivity index (χ1v) is 5.04. The fourth-order valence-corrected chi connectivity index (χ4v) is 1.66. The van der Waals surface area contributed by atoms with Gasteiger partial charge in [0.05, 0.1) is 6.61 Å². The molecule has 0 fully saturated rings. The number of hydrogen-bond acceptors (Lipinski definition) is 1. The summed E-state index contributed by atoms with van der Waals surface area (Å²) >= 11 is 0. The summed E-state index contributed by atoms with van der Waals surface area (Å²) in [6.07, 6.45) is 3.06. The van der Waals surface area contributed by atoms with Gasteiger partial charge in [-0.15, -0.1) is 0 Å². The van der Waals surface area contributed by atoms with Crippen molar-refractivity contribution >= 4 is 10.9 Å². The van der Waals surface area contributed by atoms with Crippen molar-refractivity contribution in [3.8, 4) is 0 Å². The van der Waals surface area contributed by atoms with Gasteiger partial charge in [0, 0.05) is 23.7 Å². The van der Waals surface area contributed by atoms with E-state index in [1.807, 2.05) is 13.0 Å². The van der Waals surface area contributed by atoms with Crippen LogP contribution in [0.4, 0.5) is 0 Å². The molecule has 1 aromatic carbocycles. The highest BCUT2D eigenvalue weighted by molar-refractivity contribution is 5.82. The molecule has 0 aliphatic heterocycles. The van der Waals surface area contributed by atoms with Gasteiger partial charge in [-0.25, -0.2) is 0 Å². The summed E-state index contributed by atoms with van der Waals surface area (Å²) in [5.74, 6) is 0. The van der Waals surface area contributed by atoms with Crippen LogP contribution in [0.1, 0.15) is 12.5 Å². The quantitative estimate of drug-likeness (QED) is 0.735. The Balaban J connectivity index is 2.17. The number of H-pyrrole nitrogens is 1. The van der Waals surface area contributed by atoms with Crippen LogP contribution in [0.3, 0.4) is 0 Å². The maximum Gasteiger partial charge on any atom is 0.0507 e. The van der Waals surface area contributed by atoms with Gasteiger partial charge >= 0.3 is 0 Å². The van der Waals surface area contributed by atoms with Gasteiger partial charge in [0.25, 0.3) is 0 Å². The summed E-state index contributed by atoms with van der Waals surface area (Å²) in [5, 5.41) is 1.31. The maximum absolute atomic E-state index is 5.34. The van der Waals surface area contributed by atoms with Gasteiger partial charge in [-0.05, 0) is 25.0 Å². The van der Waals surface area contributed by atoms with Crippen LogP contribution in [0, 0.1) is 0 Å². The number of para-hydroxylation sites is 1. The van der Waals surface area contributed by atoms with Crippen LogP contribution in [0.15, 0.2) is 30.5 Å². The third kappa shape index (κ3) is 1.80. The lowest BCUT2D eigenvalue weighted by molar-refractivity contribution is 0.151. The van der Waals surface area contributed by atoms with Crippen molar-refractivity contribution in [2.75, 3.05) is 13.2 Å². The molecule has 2 heteroatoms. The Morgan fingerprint density at radius 1 is 1.29 bits per heavy atom. The van der Waals surface area contributed by atoms with Gasteiger partial charge in [0.2, 0.25) is 0 Å². The number of hydrogen-bond donors (Lipinski definition) is 1. The SMILES string of the molecule is CCOCCc1c[nH]c2ccccc12. The second-order valence-corrected chi connectivity index (χ2v) is 3.31.